The molecule has 0 aliphatic carbocycles. The number of benzene rings is 3. The van der Waals surface area contributed by atoms with E-state index < -0.39 is 5.54 Å². The third-order valence-electron chi connectivity index (χ3n) is 7.83. The number of imide groups is 1. The molecule has 0 spiro atoms. The molecule has 0 saturated carbocycles. The van der Waals surface area contributed by atoms with Crippen molar-refractivity contribution in [2.45, 2.75) is 38.6 Å². The van der Waals surface area contributed by atoms with Crippen LogP contribution in [0.2, 0.25) is 0 Å². The molecule has 0 bridgehead atoms. The molecule has 6 nitrogen and oxygen atoms in total. The molecular weight excluding hydrogens is 450 g/mol. The van der Waals surface area contributed by atoms with Crippen LogP contribution in [0.3, 0.4) is 0 Å². The predicted octanol–water partition coefficient (Wildman–Crippen LogP) is 5.76. The van der Waals surface area contributed by atoms with Crippen LogP contribution in [-0.4, -0.2) is 34.2 Å². The van der Waals surface area contributed by atoms with Gasteiger partial charge in [-0.15, -0.1) is 0 Å². The van der Waals surface area contributed by atoms with Crippen LogP contribution in [0.5, 0.6) is 0 Å². The second-order valence-electron chi connectivity index (χ2n) is 9.82. The Bertz CT molecular complexity index is 1550. The molecular formula is C30H27N3O3. The number of rotatable bonds is 4. The first-order valence-electron chi connectivity index (χ1n) is 12.3. The molecule has 3 amide bonds. The van der Waals surface area contributed by atoms with Gasteiger partial charge in [0.2, 0.25) is 0 Å². The summed E-state index contributed by atoms with van der Waals surface area (Å²) >= 11 is 0. The first kappa shape index (κ1) is 22.3. The van der Waals surface area contributed by atoms with Crippen molar-refractivity contribution in [2.75, 3.05) is 11.4 Å². The van der Waals surface area contributed by atoms with E-state index in [1.54, 1.807) is 29.2 Å². The van der Waals surface area contributed by atoms with Gasteiger partial charge in [-0.3, -0.25) is 9.59 Å². The predicted molar refractivity (Wildman–Crippen MR) is 139 cm³/mol. The Kier molecular flexibility index (Phi) is 4.90. The molecule has 0 unspecified atom stereocenters. The summed E-state index contributed by atoms with van der Waals surface area (Å²) in [7, 11) is 0. The molecule has 3 aromatic carbocycles. The minimum Gasteiger partial charge on any atom is -0.356 e. The van der Waals surface area contributed by atoms with Crippen molar-refractivity contribution >= 4 is 34.3 Å². The highest BCUT2D eigenvalue weighted by atomic mass is 16.2. The Morgan fingerprint density at radius 3 is 2.50 bits per heavy atom. The smallest absolute Gasteiger partial charge is 0.332 e. The number of aryl methyl sites for hydroxylation is 1. The number of hydrogen-bond acceptors (Lipinski definition) is 3. The summed E-state index contributed by atoms with van der Waals surface area (Å²) in [6.07, 6.45) is 0.953. The fraction of sp³-hybridized carbons (Fsp3) is 0.233. The summed E-state index contributed by atoms with van der Waals surface area (Å²) in [6, 6.07) is 22.9. The molecule has 3 heterocycles. The maximum absolute atomic E-state index is 14.1. The largest absolute Gasteiger partial charge is 0.356 e. The molecule has 2 atom stereocenters. The summed E-state index contributed by atoms with van der Waals surface area (Å²) in [5.41, 5.74) is 4.81. The monoisotopic (exact) mass is 477 g/mol. The van der Waals surface area contributed by atoms with Crippen LogP contribution in [0.25, 0.3) is 10.9 Å². The van der Waals surface area contributed by atoms with Crippen LogP contribution in [-0.2, 0) is 16.8 Å². The first-order chi connectivity index (χ1) is 17.3. The van der Waals surface area contributed by atoms with Crippen LogP contribution >= 0.6 is 0 Å². The lowest BCUT2D eigenvalue weighted by Crippen LogP contribution is -2.50. The van der Waals surface area contributed by atoms with Crippen LogP contribution < -0.4 is 4.90 Å². The zero-order valence-electron chi connectivity index (χ0n) is 20.5. The van der Waals surface area contributed by atoms with Crippen molar-refractivity contribution in [3.05, 3.63) is 101 Å². The van der Waals surface area contributed by atoms with Gasteiger partial charge in [-0.1, -0.05) is 61.5 Å². The van der Waals surface area contributed by atoms with E-state index in [0.29, 0.717) is 17.8 Å². The summed E-state index contributed by atoms with van der Waals surface area (Å²) in [5.74, 6) is -0.524. The number of para-hydroxylation sites is 1. The number of hydrogen-bond donors (Lipinski definition) is 1. The molecule has 2 aliphatic heterocycles. The van der Waals surface area contributed by atoms with Crippen molar-refractivity contribution in [1.29, 1.82) is 0 Å². The molecule has 6 heteroatoms. The van der Waals surface area contributed by atoms with E-state index in [4.69, 9.17) is 0 Å². The van der Waals surface area contributed by atoms with E-state index in [1.165, 1.54) is 17.4 Å². The molecule has 36 heavy (non-hydrogen) atoms. The van der Waals surface area contributed by atoms with Crippen LogP contribution in [0, 0.1) is 0 Å². The standard InChI is InChI=1S/C30H27N3O3/c1-4-19-12-14-20(15-13-19)24-17-32-29(36)33(22-9-7-8-21(16-22)18(2)34)28(35)30(32,3)27-26(24)23-10-5-6-11-25(23)31-27/h5-16,24,31H,4,17H2,1-3H3/t24-,30-/m0/s1. The number of fused-ring (bicyclic) bond motifs is 5. The molecule has 4 aromatic rings. The Labute approximate surface area is 209 Å². The van der Waals surface area contributed by atoms with Crippen molar-refractivity contribution in [2.24, 2.45) is 0 Å². The van der Waals surface area contributed by atoms with Crippen LogP contribution in [0.1, 0.15) is 59.4 Å². The van der Waals surface area contributed by atoms with E-state index in [-0.39, 0.29) is 23.6 Å². The number of carbonyl (C=O) groups is 3. The van der Waals surface area contributed by atoms with Gasteiger partial charge in [0, 0.05) is 28.9 Å². The average molecular weight is 478 g/mol. The normalized spacial score (nSPS) is 21.1. The minimum atomic E-state index is -1.18. The SMILES string of the molecule is CCc1ccc([C@@H]2CN3C(=O)N(c4cccc(C(C)=O)c4)C(=O)[C@]3(C)c3[nH]c4ccccc4c32)cc1. The van der Waals surface area contributed by atoms with Gasteiger partial charge in [0.15, 0.2) is 11.3 Å². The van der Waals surface area contributed by atoms with Crippen molar-refractivity contribution in [1.82, 2.24) is 9.88 Å². The minimum absolute atomic E-state index is 0.0876. The fourth-order valence-corrected chi connectivity index (χ4v) is 5.77. The van der Waals surface area contributed by atoms with E-state index in [0.717, 1.165) is 34.1 Å². The number of Topliss-reactive ketones (excluding diaryl/α,β-unsaturated/α-hetero) is 1. The third-order valence-corrected chi connectivity index (χ3v) is 7.83. The molecule has 2 aliphatic rings. The van der Waals surface area contributed by atoms with E-state index in [9.17, 15) is 14.4 Å². The molecule has 0 radical (unpaired) electrons. The first-order valence-corrected chi connectivity index (χ1v) is 12.3. The summed E-state index contributed by atoms with van der Waals surface area (Å²) in [4.78, 5) is 46.4. The van der Waals surface area contributed by atoms with Crippen LogP contribution in [0.4, 0.5) is 10.5 Å². The maximum atomic E-state index is 14.1. The second-order valence-corrected chi connectivity index (χ2v) is 9.82. The number of carbonyl (C=O) groups excluding carboxylic acids is 3. The highest BCUT2D eigenvalue weighted by molar-refractivity contribution is 6.24. The lowest BCUT2D eigenvalue weighted by atomic mass is 9.78. The second kappa shape index (κ2) is 7.92. The number of nitrogens with one attached hydrogen (secondary N) is 1. The zero-order chi connectivity index (χ0) is 25.2. The van der Waals surface area contributed by atoms with E-state index in [2.05, 4.69) is 42.2 Å². The van der Waals surface area contributed by atoms with Crippen molar-refractivity contribution < 1.29 is 14.4 Å². The Hall–Kier alpha value is -4.19. The topological polar surface area (TPSA) is 73.5 Å². The van der Waals surface area contributed by atoms with Gasteiger partial charge in [0.05, 0.1) is 11.4 Å². The Balaban J connectivity index is 1.54. The van der Waals surface area contributed by atoms with Gasteiger partial charge in [-0.25, -0.2) is 9.69 Å². The number of urea groups is 1. The molecule has 180 valence electrons. The highest BCUT2D eigenvalue weighted by Crippen LogP contribution is 2.50. The molecule has 1 aromatic heterocycles. The third kappa shape index (κ3) is 3.00. The lowest BCUT2D eigenvalue weighted by Gasteiger charge is -2.40. The van der Waals surface area contributed by atoms with Gasteiger partial charge >= 0.3 is 6.03 Å². The number of anilines is 1. The molecule has 1 saturated heterocycles. The fourth-order valence-electron chi connectivity index (χ4n) is 5.77. The van der Waals surface area contributed by atoms with Gasteiger partial charge in [0.25, 0.3) is 5.91 Å². The number of aromatic amines is 1. The summed E-state index contributed by atoms with van der Waals surface area (Å²) < 4.78 is 0. The Morgan fingerprint density at radius 1 is 1.03 bits per heavy atom. The number of aromatic nitrogens is 1. The van der Waals surface area contributed by atoms with Gasteiger partial charge in [-0.05, 0) is 55.2 Å². The average Bonchev–Trinajstić information content (AvgIpc) is 3.38. The quantitative estimate of drug-likeness (QED) is 0.300. The van der Waals surface area contributed by atoms with Crippen LogP contribution in [0.15, 0.2) is 72.8 Å². The number of ketones is 1. The molecule has 6 rings (SSSR count). The van der Waals surface area contributed by atoms with Gasteiger partial charge in [-0.2, -0.15) is 0 Å². The summed E-state index contributed by atoms with van der Waals surface area (Å²) in [5, 5.41) is 1.07. The Morgan fingerprint density at radius 2 is 1.78 bits per heavy atom. The number of nitrogens with zero attached hydrogens (tertiary/aromatic N) is 2. The highest BCUT2D eigenvalue weighted by Gasteiger charge is 2.60. The van der Waals surface area contributed by atoms with Crippen molar-refractivity contribution in [3.63, 3.8) is 0 Å². The maximum Gasteiger partial charge on any atom is 0.332 e. The number of amides is 3. The molecule has 1 N–H and O–H groups in total. The van der Waals surface area contributed by atoms with Crippen molar-refractivity contribution in [3.8, 4) is 0 Å². The van der Waals surface area contributed by atoms with E-state index in [1.807, 2.05) is 25.1 Å². The molecule has 1 fully saturated rings. The lowest BCUT2D eigenvalue weighted by molar-refractivity contribution is -0.125. The van der Waals surface area contributed by atoms with E-state index >= 15 is 0 Å². The van der Waals surface area contributed by atoms with Gasteiger partial charge in [0.1, 0.15) is 0 Å². The summed E-state index contributed by atoms with van der Waals surface area (Å²) in [6.45, 7) is 5.81. The zero-order valence-corrected chi connectivity index (χ0v) is 20.5. The number of H-pyrrole nitrogens is 1. The van der Waals surface area contributed by atoms with Gasteiger partial charge < -0.3 is 9.88 Å².